The molecule has 3 heteroatoms. The molecule has 0 aliphatic heterocycles. The first-order valence-corrected chi connectivity index (χ1v) is 7.20. The summed E-state index contributed by atoms with van der Waals surface area (Å²) in [5.74, 6) is 2.51. The second-order valence-corrected chi connectivity index (χ2v) is 5.44. The van der Waals surface area contributed by atoms with E-state index in [1.807, 2.05) is 19.1 Å². The Kier molecular flexibility index (Phi) is 5.26. The zero-order chi connectivity index (χ0) is 12.8. The second kappa shape index (κ2) is 6.95. The van der Waals surface area contributed by atoms with Crippen LogP contribution in [-0.4, -0.2) is 17.8 Å². The lowest BCUT2D eigenvalue weighted by Crippen LogP contribution is -2.25. The summed E-state index contributed by atoms with van der Waals surface area (Å²) in [6, 6.07) is 4.02. The Morgan fingerprint density at radius 1 is 1.33 bits per heavy atom. The summed E-state index contributed by atoms with van der Waals surface area (Å²) in [6.07, 6.45) is 6.94. The van der Waals surface area contributed by atoms with E-state index in [2.05, 4.69) is 5.32 Å². The number of hydrogen-bond acceptors (Lipinski definition) is 3. The van der Waals surface area contributed by atoms with E-state index in [4.69, 9.17) is 4.42 Å². The predicted octanol–water partition coefficient (Wildman–Crippen LogP) is 3.01. The van der Waals surface area contributed by atoms with Gasteiger partial charge in [-0.15, -0.1) is 0 Å². The average Bonchev–Trinajstić information content (AvgIpc) is 2.77. The molecule has 0 bridgehead atoms. The van der Waals surface area contributed by atoms with Crippen LogP contribution in [0, 0.1) is 12.8 Å². The van der Waals surface area contributed by atoms with Crippen LogP contribution in [0.2, 0.25) is 0 Å². The van der Waals surface area contributed by atoms with Crippen molar-refractivity contribution in [3.63, 3.8) is 0 Å². The van der Waals surface area contributed by atoms with Crippen LogP contribution in [0.3, 0.4) is 0 Å². The van der Waals surface area contributed by atoms with Gasteiger partial charge in [0.2, 0.25) is 0 Å². The first kappa shape index (κ1) is 13.6. The molecule has 0 amide bonds. The molecule has 102 valence electrons. The summed E-state index contributed by atoms with van der Waals surface area (Å²) in [6.45, 7) is 3.78. The maximum absolute atomic E-state index is 9.87. The van der Waals surface area contributed by atoms with Gasteiger partial charge in [-0.1, -0.05) is 12.8 Å². The van der Waals surface area contributed by atoms with Crippen LogP contribution in [0.25, 0.3) is 0 Å². The highest BCUT2D eigenvalue weighted by atomic mass is 16.3. The monoisotopic (exact) mass is 251 g/mol. The molecule has 1 aliphatic rings. The van der Waals surface area contributed by atoms with Gasteiger partial charge < -0.3 is 14.8 Å². The largest absolute Gasteiger partial charge is 0.465 e. The molecule has 0 spiro atoms. The molecule has 2 atom stereocenters. The Labute approximate surface area is 110 Å². The molecule has 0 aromatic carbocycles. The van der Waals surface area contributed by atoms with Crippen LogP contribution in [0.15, 0.2) is 16.5 Å². The Balaban J connectivity index is 1.55. The molecule has 18 heavy (non-hydrogen) atoms. The van der Waals surface area contributed by atoms with E-state index in [1.54, 1.807) is 0 Å². The topological polar surface area (TPSA) is 45.4 Å². The number of nitrogens with one attached hydrogen (secondary N) is 1. The highest BCUT2D eigenvalue weighted by Gasteiger charge is 2.21. The lowest BCUT2D eigenvalue weighted by molar-refractivity contribution is 0.0643. The zero-order valence-electron chi connectivity index (χ0n) is 11.3. The Morgan fingerprint density at radius 3 is 2.89 bits per heavy atom. The number of aliphatic hydroxyl groups excluding tert-OH is 1. The lowest BCUT2D eigenvalue weighted by atomic mass is 9.83. The van der Waals surface area contributed by atoms with Crippen LogP contribution < -0.4 is 5.32 Å². The van der Waals surface area contributed by atoms with Gasteiger partial charge in [-0.25, -0.2) is 0 Å². The van der Waals surface area contributed by atoms with Gasteiger partial charge in [0, 0.05) is 0 Å². The summed E-state index contributed by atoms with van der Waals surface area (Å²) >= 11 is 0. The van der Waals surface area contributed by atoms with Gasteiger partial charge >= 0.3 is 0 Å². The smallest absolute Gasteiger partial charge is 0.117 e. The van der Waals surface area contributed by atoms with E-state index in [-0.39, 0.29) is 6.10 Å². The number of furan rings is 1. The Morgan fingerprint density at radius 2 is 2.17 bits per heavy atom. The first-order valence-electron chi connectivity index (χ1n) is 7.20. The van der Waals surface area contributed by atoms with E-state index in [0.29, 0.717) is 5.92 Å². The van der Waals surface area contributed by atoms with Crippen molar-refractivity contribution in [1.29, 1.82) is 0 Å². The molecule has 1 aromatic rings. The number of rotatable bonds is 6. The van der Waals surface area contributed by atoms with Crippen LogP contribution in [0.1, 0.15) is 50.0 Å². The molecule has 1 saturated carbocycles. The fraction of sp³-hybridized carbons (Fsp3) is 0.733. The third-order valence-corrected chi connectivity index (χ3v) is 3.89. The van der Waals surface area contributed by atoms with Crippen molar-refractivity contribution in [1.82, 2.24) is 5.32 Å². The van der Waals surface area contributed by atoms with Crippen LogP contribution in [0.5, 0.6) is 0 Å². The van der Waals surface area contributed by atoms with Gasteiger partial charge in [-0.2, -0.15) is 0 Å². The standard InChI is InChI=1S/C15H25NO2/c1-12-8-9-14(18-12)11-16-10-4-6-13-5-2-3-7-15(13)17/h8-9,13,15-17H,2-7,10-11H2,1H3. The van der Waals surface area contributed by atoms with Crippen molar-refractivity contribution in [3.05, 3.63) is 23.7 Å². The third-order valence-electron chi connectivity index (χ3n) is 3.89. The van der Waals surface area contributed by atoms with E-state index in [9.17, 15) is 5.11 Å². The van der Waals surface area contributed by atoms with Gasteiger partial charge in [-0.3, -0.25) is 0 Å². The van der Waals surface area contributed by atoms with E-state index in [1.165, 1.54) is 19.3 Å². The van der Waals surface area contributed by atoms with Gasteiger partial charge in [-0.05, 0) is 57.2 Å². The van der Waals surface area contributed by atoms with Crippen molar-refractivity contribution in [3.8, 4) is 0 Å². The predicted molar refractivity (Wildman–Crippen MR) is 72.4 cm³/mol. The molecule has 2 rings (SSSR count). The number of hydrogen-bond donors (Lipinski definition) is 2. The molecule has 0 saturated heterocycles. The SMILES string of the molecule is Cc1ccc(CNCCCC2CCCCC2O)o1. The molecule has 3 nitrogen and oxygen atoms in total. The van der Waals surface area contributed by atoms with Crippen LogP contribution in [-0.2, 0) is 6.54 Å². The van der Waals surface area contributed by atoms with E-state index >= 15 is 0 Å². The Bertz CT molecular complexity index is 348. The summed E-state index contributed by atoms with van der Waals surface area (Å²) in [5, 5.41) is 13.3. The highest BCUT2D eigenvalue weighted by Crippen LogP contribution is 2.27. The lowest BCUT2D eigenvalue weighted by Gasteiger charge is -2.27. The molecule has 1 aliphatic carbocycles. The Hall–Kier alpha value is -0.800. The minimum Gasteiger partial charge on any atom is -0.465 e. The van der Waals surface area contributed by atoms with Crippen LogP contribution in [0.4, 0.5) is 0 Å². The van der Waals surface area contributed by atoms with Crippen molar-refractivity contribution < 1.29 is 9.52 Å². The van der Waals surface area contributed by atoms with Crippen molar-refractivity contribution in [2.75, 3.05) is 6.54 Å². The zero-order valence-corrected chi connectivity index (χ0v) is 11.3. The third kappa shape index (κ3) is 4.14. The molecular weight excluding hydrogens is 226 g/mol. The second-order valence-electron chi connectivity index (χ2n) is 5.44. The molecule has 2 N–H and O–H groups in total. The van der Waals surface area contributed by atoms with E-state index in [0.717, 1.165) is 43.9 Å². The first-order chi connectivity index (χ1) is 8.75. The summed E-state index contributed by atoms with van der Waals surface area (Å²) < 4.78 is 5.49. The molecule has 1 fully saturated rings. The van der Waals surface area contributed by atoms with Gasteiger partial charge in [0.1, 0.15) is 11.5 Å². The van der Waals surface area contributed by atoms with Crippen molar-refractivity contribution in [2.24, 2.45) is 5.92 Å². The summed E-state index contributed by atoms with van der Waals surface area (Å²) in [5.41, 5.74) is 0. The maximum atomic E-state index is 9.87. The van der Waals surface area contributed by atoms with E-state index < -0.39 is 0 Å². The maximum Gasteiger partial charge on any atom is 0.117 e. The quantitative estimate of drug-likeness (QED) is 0.764. The fourth-order valence-corrected chi connectivity index (χ4v) is 2.81. The average molecular weight is 251 g/mol. The van der Waals surface area contributed by atoms with Gasteiger partial charge in [0.05, 0.1) is 12.6 Å². The highest BCUT2D eigenvalue weighted by molar-refractivity contribution is 5.04. The molecule has 1 aromatic heterocycles. The van der Waals surface area contributed by atoms with Crippen molar-refractivity contribution >= 4 is 0 Å². The summed E-state index contributed by atoms with van der Waals surface area (Å²) in [4.78, 5) is 0. The normalized spacial score (nSPS) is 24.3. The van der Waals surface area contributed by atoms with Crippen molar-refractivity contribution in [2.45, 2.75) is 58.1 Å². The molecular formula is C15H25NO2. The minimum atomic E-state index is -0.0496. The van der Waals surface area contributed by atoms with Gasteiger partial charge in [0.15, 0.2) is 0 Å². The minimum absolute atomic E-state index is 0.0496. The summed E-state index contributed by atoms with van der Waals surface area (Å²) in [7, 11) is 0. The molecule has 1 heterocycles. The van der Waals surface area contributed by atoms with Gasteiger partial charge in [0.25, 0.3) is 0 Å². The fourth-order valence-electron chi connectivity index (χ4n) is 2.81. The van der Waals surface area contributed by atoms with Crippen LogP contribution >= 0.6 is 0 Å². The number of aliphatic hydroxyl groups is 1. The molecule has 0 radical (unpaired) electrons. The number of aryl methyl sites for hydroxylation is 1. The molecule has 2 unspecified atom stereocenters.